The van der Waals surface area contributed by atoms with Gasteiger partial charge in [0.1, 0.15) is 5.75 Å². The third kappa shape index (κ3) is 7.58. The molecule has 1 amide bonds. The monoisotopic (exact) mass is 498 g/mol. The number of β-amino-alcohol motifs (C(OH)–C–C–N with tert-alkyl or cyclic N) is 1. The molecule has 0 spiro atoms. The molecule has 0 aliphatic carbocycles. The van der Waals surface area contributed by atoms with Crippen molar-refractivity contribution in [1.82, 2.24) is 10.6 Å². The number of aromatic hydroxyl groups is 1. The lowest BCUT2D eigenvalue weighted by molar-refractivity contribution is 0.0954. The van der Waals surface area contributed by atoms with Crippen molar-refractivity contribution in [2.75, 3.05) is 13.1 Å². The first kappa shape index (κ1) is 27.3. The van der Waals surface area contributed by atoms with Gasteiger partial charge in [-0.05, 0) is 79.8 Å². The number of halogens is 2. The summed E-state index contributed by atoms with van der Waals surface area (Å²) in [4.78, 5) is 12.6. The number of aliphatic hydroxyl groups is 2. The Hall–Kier alpha value is -3.33. The lowest BCUT2D eigenvalue weighted by Gasteiger charge is -2.28. The van der Waals surface area contributed by atoms with Crippen LogP contribution in [0, 0.1) is 11.6 Å². The predicted octanol–water partition coefficient (Wildman–Crippen LogP) is 3.78. The summed E-state index contributed by atoms with van der Waals surface area (Å²) in [5.41, 5.74) is 2.56. The average Bonchev–Trinajstić information content (AvgIpc) is 2.85. The molecule has 5 N–H and O–H groups in total. The smallest absolute Gasteiger partial charge is 0.251 e. The van der Waals surface area contributed by atoms with Crippen LogP contribution >= 0.6 is 0 Å². The van der Waals surface area contributed by atoms with E-state index in [1.807, 2.05) is 19.9 Å². The molecule has 0 unspecified atom stereocenters. The molecule has 0 aliphatic heterocycles. The third-order valence-electron chi connectivity index (χ3n) is 5.95. The molecule has 6 nitrogen and oxygen atoms in total. The standard InChI is InChI=1S/C28H32F2N2O4/c1-28(2,32-16-26(35)20-7-9-25(34)22(14-20)17-33)15-19-4-3-5-21(12-19)27(36)31-11-10-18-6-8-23(29)24(30)13-18/h3-9,12-14,26,32-35H,10-11,15-17H2,1-2H3,(H,31,36)/t26-/m0/s1. The van der Waals surface area contributed by atoms with Crippen LogP contribution in [0.4, 0.5) is 8.78 Å². The van der Waals surface area contributed by atoms with Crippen LogP contribution < -0.4 is 10.6 Å². The maximum atomic E-state index is 13.3. The Bertz CT molecular complexity index is 1200. The van der Waals surface area contributed by atoms with E-state index in [4.69, 9.17) is 0 Å². The topological polar surface area (TPSA) is 102 Å². The van der Waals surface area contributed by atoms with Gasteiger partial charge in [0.05, 0.1) is 12.7 Å². The molecule has 1 atom stereocenters. The van der Waals surface area contributed by atoms with Crippen LogP contribution in [0.1, 0.15) is 52.6 Å². The van der Waals surface area contributed by atoms with Crippen molar-refractivity contribution >= 4 is 5.91 Å². The number of amides is 1. The largest absolute Gasteiger partial charge is 0.508 e. The Balaban J connectivity index is 1.53. The number of benzene rings is 3. The first-order valence-electron chi connectivity index (χ1n) is 11.7. The van der Waals surface area contributed by atoms with E-state index in [1.165, 1.54) is 12.1 Å². The van der Waals surface area contributed by atoms with Gasteiger partial charge in [0.15, 0.2) is 11.6 Å². The van der Waals surface area contributed by atoms with Crippen molar-refractivity contribution in [1.29, 1.82) is 0 Å². The fraction of sp³-hybridized carbons (Fsp3) is 0.321. The van der Waals surface area contributed by atoms with Crippen molar-refractivity contribution in [2.45, 2.75) is 44.9 Å². The molecular formula is C28H32F2N2O4. The maximum Gasteiger partial charge on any atom is 0.251 e. The van der Waals surface area contributed by atoms with E-state index in [0.717, 1.165) is 17.7 Å². The minimum absolute atomic E-state index is 0.0185. The second-order valence-electron chi connectivity index (χ2n) is 9.46. The third-order valence-corrected chi connectivity index (χ3v) is 5.95. The number of rotatable bonds is 11. The highest BCUT2D eigenvalue weighted by molar-refractivity contribution is 5.94. The van der Waals surface area contributed by atoms with E-state index < -0.39 is 23.3 Å². The molecule has 0 saturated carbocycles. The summed E-state index contributed by atoms with van der Waals surface area (Å²) in [6.07, 6.45) is 0.137. The number of hydrogen-bond donors (Lipinski definition) is 5. The molecule has 3 aromatic carbocycles. The first-order valence-corrected chi connectivity index (χ1v) is 11.7. The summed E-state index contributed by atoms with van der Waals surface area (Å²) in [7, 11) is 0. The molecule has 8 heteroatoms. The Labute approximate surface area is 209 Å². The highest BCUT2D eigenvalue weighted by Gasteiger charge is 2.21. The van der Waals surface area contributed by atoms with Crippen LogP contribution in [0.15, 0.2) is 60.7 Å². The SMILES string of the molecule is CC(C)(Cc1cccc(C(=O)NCCc2ccc(F)c(F)c2)c1)NC[C@H](O)c1ccc(O)c(CO)c1. The summed E-state index contributed by atoms with van der Waals surface area (Å²) >= 11 is 0. The molecule has 0 aliphatic rings. The Kier molecular flexibility index (Phi) is 9.14. The van der Waals surface area contributed by atoms with E-state index >= 15 is 0 Å². The van der Waals surface area contributed by atoms with Crippen LogP contribution in [0.25, 0.3) is 0 Å². The summed E-state index contributed by atoms with van der Waals surface area (Å²) < 4.78 is 26.4. The Morgan fingerprint density at radius 3 is 2.50 bits per heavy atom. The quantitative estimate of drug-likeness (QED) is 0.277. The molecule has 0 heterocycles. The molecule has 3 aromatic rings. The van der Waals surface area contributed by atoms with Gasteiger partial charge in [0.25, 0.3) is 5.91 Å². The molecule has 0 radical (unpaired) electrons. The van der Waals surface area contributed by atoms with E-state index in [1.54, 1.807) is 30.3 Å². The number of carbonyl (C=O) groups is 1. The fourth-order valence-corrected chi connectivity index (χ4v) is 3.94. The van der Waals surface area contributed by atoms with Crippen LogP contribution in [0.5, 0.6) is 5.75 Å². The highest BCUT2D eigenvalue weighted by atomic mass is 19.2. The fourth-order valence-electron chi connectivity index (χ4n) is 3.94. The first-order chi connectivity index (χ1) is 17.1. The van der Waals surface area contributed by atoms with Gasteiger partial charge in [-0.25, -0.2) is 8.78 Å². The van der Waals surface area contributed by atoms with Crippen LogP contribution in [-0.4, -0.2) is 39.9 Å². The second-order valence-corrected chi connectivity index (χ2v) is 9.46. The van der Waals surface area contributed by atoms with Crippen LogP contribution in [0.2, 0.25) is 0 Å². The number of aliphatic hydroxyl groups excluding tert-OH is 2. The lowest BCUT2D eigenvalue weighted by Crippen LogP contribution is -2.43. The zero-order chi connectivity index (χ0) is 26.3. The van der Waals surface area contributed by atoms with Crippen molar-refractivity contribution in [2.24, 2.45) is 0 Å². The van der Waals surface area contributed by atoms with E-state index in [-0.39, 0.29) is 31.4 Å². The lowest BCUT2D eigenvalue weighted by atomic mass is 9.93. The van der Waals surface area contributed by atoms with Crippen LogP contribution in [0.3, 0.4) is 0 Å². The van der Waals surface area contributed by atoms with Crippen molar-refractivity contribution in [3.8, 4) is 5.75 Å². The second kappa shape index (κ2) is 12.1. The van der Waals surface area contributed by atoms with Gasteiger partial charge in [-0.1, -0.05) is 24.3 Å². The van der Waals surface area contributed by atoms with Crippen molar-refractivity contribution in [3.05, 3.63) is 100 Å². The highest BCUT2D eigenvalue weighted by Crippen LogP contribution is 2.23. The number of carbonyl (C=O) groups excluding carboxylic acids is 1. The molecule has 0 aromatic heterocycles. The number of hydrogen-bond acceptors (Lipinski definition) is 5. The van der Waals surface area contributed by atoms with Gasteiger partial charge < -0.3 is 26.0 Å². The Morgan fingerprint density at radius 2 is 1.78 bits per heavy atom. The van der Waals surface area contributed by atoms with E-state index in [9.17, 15) is 28.9 Å². The molecule has 36 heavy (non-hydrogen) atoms. The molecule has 0 saturated heterocycles. The zero-order valence-electron chi connectivity index (χ0n) is 20.4. The van der Waals surface area contributed by atoms with Gasteiger partial charge in [-0.3, -0.25) is 4.79 Å². The van der Waals surface area contributed by atoms with Gasteiger partial charge in [0, 0.05) is 29.8 Å². The summed E-state index contributed by atoms with van der Waals surface area (Å²) in [5.74, 6) is -2.08. The molecule has 0 fully saturated rings. The van der Waals surface area contributed by atoms with Crippen molar-refractivity contribution < 1.29 is 28.9 Å². The van der Waals surface area contributed by atoms with Crippen LogP contribution in [-0.2, 0) is 19.4 Å². The van der Waals surface area contributed by atoms with Gasteiger partial charge in [-0.15, -0.1) is 0 Å². The molecule has 0 bridgehead atoms. The zero-order valence-corrected chi connectivity index (χ0v) is 20.4. The average molecular weight is 499 g/mol. The summed E-state index contributed by atoms with van der Waals surface area (Å²) in [6, 6.07) is 15.6. The molecule has 3 rings (SSSR count). The normalized spacial score (nSPS) is 12.4. The van der Waals surface area contributed by atoms with E-state index in [0.29, 0.717) is 35.1 Å². The summed E-state index contributed by atoms with van der Waals surface area (Å²) in [6.45, 7) is 4.20. The van der Waals surface area contributed by atoms with E-state index in [2.05, 4.69) is 10.6 Å². The summed E-state index contributed by atoms with van der Waals surface area (Å²) in [5, 5.41) is 35.7. The minimum Gasteiger partial charge on any atom is -0.508 e. The maximum absolute atomic E-state index is 13.3. The molecule has 192 valence electrons. The van der Waals surface area contributed by atoms with Gasteiger partial charge in [0.2, 0.25) is 0 Å². The van der Waals surface area contributed by atoms with Gasteiger partial charge >= 0.3 is 0 Å². The van der Waals surface area contributed by atoms with Crippen molar-refractivity contribution in [3.63, 3.8) is 0 Å². The molecular weight excluding hydrogens is 466 g/mol. The van der Waals surface area contributed by atoms with Gasteiger partial charge in [-0.2, -0.15) is 0 Å². The Morgan fingerprint density at radius 1 is 1.00 bits per heavy atom. The number of nitrogens with one attached hydrogen (secondary N) is 2. The number of phenols is 1. The minimum atomic E-state index is -0.909. The predicted molar refractivity (Wildman–Crippen MR) is 134 cm³/mol.